The van der Waals surface area contributed by atoms with Crippen molar-refractivity contribution in [3.63, 3.8) is 0 Å². The zero-order valence-corrected chi connectivity index (χ0v) is 22.5. The van der Waals surface area contributed by atoms with Crippen LogP contribution in [0.2, 0.25) is 0 Å². The maximum Gasteiger partial charge on any atom is 0.336 e. The standard InChI is InChI=1S/C28H28N4O5S/c1-15-23(26(34)36-4)25(24(16(2)29-15)27(35)37-5)20-8-6-7-9-21(20)31-28-32-22(14-38-28)18-10-12-19(13-11-18)30-17(3)33/h6-14,23,25H,1-5H3,(H,30,33)(H,31,32). The third kappa shape index (κ3) is 5.50. The highest BCUT2D eigenvalue weighted by atomic mass is 32.1. The topological polar surface area (TPSA) is 119 Å². The summed E-state index contributed by atoms with van der Waals surface area (Å²) in [7, 11) is 2.63. The number of nitrogens with one attached hydrogen (secondary N) is 2. The molecular weight excluding hydrogens is 504 g/mol. The number of esters is 2. The van der Waals surface area contributed by atoms with Gasteiger partial charge in [-0.15, -0.1) is 11.3 Å². The predicted octanol–water partition coefficient (Wildman–Crippen LogP) is 5.31. The molecule has 0 saturated heterocycles. The number of amides is 1. The van der Waals surface area contributed by atoms with Gasteiger partial charge in [0.2, 0.25) is 5.91 Å². The van der Waals surface area contributed by atoms with E-state index in [1.54, 1.807) is 13.8 Å². The number of benzene rings is 2. The fraction of sp³-hybridized carbons (Fsp3) is 0.250. The number of aromatic nitrogens is 1. The van der Waals surface area contributed by atoms with Crippen molar-refractivity contribution < 1.29 is 23.9 Å². The summed E-state index contributed by atoms with van der Waals surface area (Å²) in [6.45, 7) is 4.95. The van der Waals surface area contributed by atoms with E-state index in [0.717, 1.165) is 11.3 Å². The van der Waals surface area contributed by atoms with Crippen molar-refractivity contribution in [2.45, 2.75) is 26.7 Å². The molecule has 2 atom stereocenters. The lowest BCUT2D eigenvalue weighted by Gasteiger charge is -2.32. The Morgan fingerprint density at radius 1 is 0.974 bits per heavy atom. The lowest BCUT2D eigenvalue weighted by Crippen LogP contribution is -2.36. The number of hydrogen-bond donors (Lipinski definition) is 2. The second-order valence-corrected chi connectivity index (χ2v) is 9.59. The number of thiazole rings is 1. The molecule has 4 rings (SSSR count). The first kappa shape index (κ1) is 26.7. The molecule has 38 heavy (non-hydrogen) atoms. The largest absolute Gasteiger partial charge is 0.468 e. The second kappa shape index (κ2) is 11.4. The normalized spacial score (nSPS) is 16.9. The van der Waals surface area contributed by atoms with Crippen molar-refractivity contribution in [2.24, 2.45) is 10.9 Å². The minimum Gasteiger partial charge on any atom is -0.468 e. The summed E-state index contributed by atoms with van der Waals surface area (Å²) in [4.78, 5) is 46.3. The van der Waals surface area contributed by atoms with Crippen LogP contribution in [0.4, 0.5) is 16.5 Å². The number of ether oxygens (including phenoxy) is 2. The molecule has 1 aliphatic heterocycles. The molecule has 0 fully saturated rings. The number of carbonyl (C=O) groups excluding carboxylic acids is 3. The molecule has 0 saturated carbocycles. The molecule has 10 heteroatoms. The highest BCUT2D eigenvalue weighted by Crippen LogP contribution is 2.43. The molecule has 2 heterocycles. The van der Waals surface area contributed by atoms with Gasteiger partial charge >= 0.3 is 11.9 Å². The van der Waals surface area contributed by atoms with E-state index < -0.39 is 23.8 Å². The number of carbonyl (C=O) groups is 3. The van der Waals surface area contributed by atoms with Crippen LogP contribution in [0.3, 0.4) is 0 Å². The Labute approximate surface area is 224 Å². The molecule has 196 valence electrons. The van der Waals surface area contributed by atoms with Crippen LogP contribution in [0.15, 0.2) is 70.2 Å². The van der Waals surface area contributed by atoms with Gasteiger partial charge in [-0.3, -0.25) is 14.6 Å². The van der Waals surface area contributed by atoms with Crippen LogP contribution >= 0.6 is 11.3 Å². The Morgan fingerprint density at radius 2 is 1.68 bits per heavy atom. The first-order chi connectivity index (χ1) is 18.2. The molecule has 0 aliphatic carbocycles. The Kier molecular flexibility index (Phi) is 8.02. The average molecular weight is 533 g/mol. The minimum atomic E-state index is -0.797. The number of allylic oxidation sites excluding steroid dienone is 1. The molecule has 0 spiro atoms. The number of methoxy groups -OCH3 is 2. The monoisotopic (exact) mass is 532 g/mol. The van der Waals surface area contributed by atoms with E-state index in [4.69, 9.17) is 14.5 Å². The van der Waals surface area contributed by atoms with Crippen LogP contribution in [0.1, 0.15) is 32.3 Å². The zero-order valence-electron chi connectivity index (χ0n) is 21.7. The van der Waals surface area contributed by atoms with Crippen molar-refractivity contribution in [3.05, 3.63) is 70.7 Å². The number of nitrogens with zero attached hydrogens (tertiary/aromatic N) is 2. The molecule has 1 amide bonds. The summed E-state index contributed by atoms with van der Waals surface area (Å²) in [5, 5.41) is 8.68. The third-order valence-corrected chi connectivity index (χ3v) is 6.99. The SMILES string of the molecule is COC(=O)C1=C(C)N=C(C)C(C(=O)OC)C1c1ccccc1Nc1nc(-c2ccc(NC(C)=O)cc2)cs1. The summed E-state index contributed by atoms with van der Waals surface area (Å²) in [5.41, 5.74) is 5.14. The molecule has 2 N–H and O–H groups in total. The van der Waals surface area contributed by atoms with Gasteiger partial charge in [0.1, 0.15) is 5.92 Å². The minimum absolute atomic E-state index is 0.133. The van der Waals surface area contributed by atoms with Crippen LogP contribution in [0.5, 0.6) is 0 Å². The Bertz CT molecular complexity index is 1440. The molecular formula is C28H28N4O5S. The first-order valence-electron chi connectivity index (χ1n) is 11.8. The highest BCUT2D eigenvalue weighted by molar-refractivity contribution is 7.14. The van der Waals surface area contributed by atoms with Crippen LogP contribution in [0, 0.1) is 5.92 Å². The van der Waals surface area contributed by atoms with E-state index >= 15 is 0 Å². The van der Waals surface area contributed by atoms with Gasteiger partial charge in [-0.05, 0) is 37.6 Å². The summed E-state index contributed by atoms with van der Waals surface area (Å²) in [6.07, 6.45) is 0. The number of aliphatic imine (C=N–C) groups is 1. The molecule has 0 bridgehead atoms. The smallest absolute Gasteiger partial charge is 0.336 e. The molecule has 1 aliphatic rings. The second-order valence-electron chi connectivity index (χ2n) is 8.73. The number of anilines is 3. The Hall–Kier alpha value is -4.31. The number of hydrogen-bond acceptors (Lipinski definition) is 9. The van der Waals surface area contributed by atoms with Gasteiger partial charge in [0, 0.05) is 46.6 Å². The molecule has 9 nitrogen and oxygen atoms in total. The molecule has 0 radical (unpaired) electrons. The predicted molar refractivity (Wildman–Crippen MR) is 148 cm³/mol. The maximum absolute atomic E-state index is 12.9. The van der Waals surface area contributed by atoms with E-state index in [2.05, 4.69) is 15.6 Å². The molecule has 2 aromatic carbocycles. The van der Waals surface area contributed by atoms with E-state index in [0.29, 0.717) is 39.1 Å². The van der Waals surface area contributed by atoms with Crippen molar-refractivity contribution in [3.8, 4) is 11.3 Å². The summed E-state index contributed by atoms with van der Waals surface area (Å²) < 4.78 is 10.2. The summed E-state index contributed by atoms with van der Waals surface area (Å²) >= 11 is 1.42. The Morgan fingerprint density at radius 3 is 2.34 bits per heavy atom. The highest BCUT2D eigenvalue weighted by Gasteiger charge is 2.43. The van der Waals surface area contributed by atoms with Gasteiger partial charge in [-0.1, -0.05) is 30.3 Å². The number of rotatable bonds is 7. The van der Waals surface area contributed by atoms with Gasteiger partial charge in [0.25, 0.3) is 0 Å². The first-order valence-corrected chi connectivity index (χ1v) is 12.7. The van der Waals surface area contributed by atoms with Crippen LogP contribution in [0.25, 0.3) is 11.3 Å². The van der Waals surface area contributed by atoms with E-state index in [1.807, 2.05) is 53.9 Å². The van der Waals surface area contributed by atoms with Crippen LogP contribution in [-0.2, 0) is 23.9 Å². The zero-order chi connectivity index (χ0) is 27.4. The average Bonchev–Trinajstić information content (AvgIpc) is 3.36. The number of para-hydroxylation sites is 1. The van der Waals surface area contributed by atoms with E-state index in [1.165, 1.54) is 32.5 Å². The summed E-state index contributed by atoms with van der Waals surface area (Å²) in [5.74, 6) is -2.64. The lowest BCUT2D eigenvalue weighted by atomic mass is 9.75. The fourth-order valence-electron chi connectivity index (χ4n) is 4.57. The third-order valence-electron chi connectivity index (χ3n) is 6.23. The van der Waals surface area contributed by atoms with Crippen molar-refractivity contribution in [1.29, 1.82) is 0 Å². The van der Waals surface area contributed by atoms with Gasteiger partial charge in [-0.2, -0.15) is 0 Å². The fourth-order valence-corrected chi connectivity index (χ4v) is 5.30. The molecule has 1 aromatic heterocycles. The van der Waals surface area contributed by atoms with Crippen molar-refractivity contribution in [2.75, 3.05) is 24.9 Å². The maximum atomic E-state index is 12.9. The van der Waals surface area contributed by atoms with Crippen LogP contribution in [-0.4, -0.2) is 42.8 Å². The van der Waals surface area contributed by atoms with Crippen molar-refractivity contribution in [1.82, 2.24) is 4.98 Å². The molecule has 2 unspecified atom stereocenters. The van der Waals surface area contributed by atoms with Crippen LogP contribution < -0.4 is 10.6 Å². The lowest BCUT2D eigenvalue weighted by molar-refractivity contribution is -0.143. The van der Waals surface area contributed by atoms with Gasteiger partial charge in [0.05, 0.1) is 25.5 Å². The van der Waals surface area contributed by atoms with Crippen molar-refractivity contribution >= 4 is 51.4 Å². The van der Waals surface area contributed by atoms with Gasteiger partial charge in [-0.25, -0.2) is 9.78 Å². The summed E-state index contributed by atoms with van der Waals surface area (Å²) in [6, 6.07) is 14.9. The Balaban J connectivity index is 1.70. The molecule has 3 aromatic rings. The van der Waals surface area contributed by atoms with Gasteiger partial charge < -0.3 is 20.1 Å². The van der Waals surface area contributed by atoms with Gasteiger partial charge in [0.15, 0.2) is 5.13 Å². The van der Waals surface area contributed by atoms with E-state index in [-0.39, 0.29) is 5.91 Å². The quantitative estimate of drug-likeness (QED) is 0.396. The van der Waals surface area contributed by atoms with E-state index in [9.17, 15) is 14.4 Å².